The van der Waals surface area contributed by atoms with Crippen LogP contribution >= 0.6 is 11.6 Å². The number of ether oxygens (including phenoxy) is 2. The highest BCUT2D eigenvalue weighted by atomic mass is 35.5. The van der Waals surface area contributed by atoms with Gasteiger partial charge in [-0.3, -0.25) is 4.79 Å². The maximum absolute atomic E-state index is 12.1. The summed E-state index contributed by atoms with van der Waals surface area (Å²) < 4.78 is 10.7. The molecular weight excluding hydrogens is 302 g/mol. The Morgan fingerprint density at radius 3 is 2.71 bits per heavy atom. The zero-order valence-corrected chi connectivity index (χ0v) is 11.7. The number of nitrogens with one attached hydrogen (secondary N) is 1. The molecule has 1 atom stereocenters. The van der Waals surface area contributed by atoms with Gasteiger partial charge in [0.25, 0.3) is 5.91 Å². The Bertz CT molecular complexity index is 562. The number of aliphatic carboxylic acids is 1. The van der Waals surface area contributed by atoms with Crippen LogP contribution in [0.3, 0.4) is 0 Å². The summed E-state index contributed by atoms with van der Waals surface area (Å²) in [6.07, 6.45) is -0.0840. The summed E-state index contributed by atoms with van der Waals surface area (Å²) in [5.41, 5.74) is 0.161. The number of carboxylic acid groups (broad SMARTS) is 1. The summed E-state index contributed by atoms with van der Waals surface area (Å²) in [7, 11) is 0. The Morgan fingerprint density at radius 2 is 2.05 bits per heavy atom. The summed E-state index contributed by atoms with van der Waals surface area (Å²) >= 11 is 6.01. The lowest BCUT2D eigenvalue weighted by Gasteiger charge is -2.20. The molecule has 7 nitrogen and oxygen atoms in total. The third-order valence-corrected chi connectivity index (χ3v) is 3.16. The van der Waals surface area contributed by atoms with Gasteiger partial charge in [-0.1, -0.05) is 11.6 Å². The number of halogens is 1. The van der Waals surface area contributed by atoms with Gasteiger partial charge in [-0.25, -0.2) is 4.79 Å². The number of hydrogen-bond donors (Lipinski definition) is 3. The standard InChI is InChI=1S/C13H14ClNO6/c14-8-5-7(6-10-11(8)21-4-3-20-10)12(17)15-9(1-2-16)13(18)19/h5-6,9,16H,1-4H2,(H,15,17)(H,18,19)/t9-/m1/s1. The van der Waals surface area contributed by atoms with E-state index in [1.165, 1.54) is 12.1 Å². The second-order valence-electron chi connectivity index (χ2n) is 4.36. The van der Waals surface area contributed by atoms with Crippen molar-refractivity contribution >= 4 is 23.5 Å². The van der Waals surface area contributed by atoms with Crippen LogP contribution in [0.2, 0.25) is 5.02 Å². The quantitative estimate of drug-likeness (QED) is 0.738. The SMILES string of the molecule is O=C(N[C@H](CCO)C(=O)O)c1cc(Cl)c2c(c1)OCCO2. The number of fused-ring (bicyclic) bond motifs is 1. The van der Waals surface area contributed by atoms with Crippen LogP contribution in [0.25, 0.3) is 0 Å². The molecule has 0 aromatic heterocycles. The maximum Gasteiger partial charge on any atom is 0.326 e. The Morgan fingerprint density at radius 1 is 1.33 bits per heavy atom. The molecule has 1 heterocycles. The van der Waals surface area contributed by atoms with Crippen LogP contribution in [0.4, 0.5) is 0 Å². The lowest BCUT2D eigenvalue weighted by molar-refractivity contribution is -0.139. The molecule has 8 heteroatoms. The van der Waals surface area contributed by atoms with E-state index in [9.17, 15) is 9.59 Å². The fourth-order valence-corrected chi connectivity index (χ4v) is 2.14. The van der Waals surface area contributed by atoms with Crippen LogP contribution in [0.1, 0.15) is 16.8 Å². The first-order valence-corrected chi connectivity index (χ1v) is 6.64. The van der Waals surface area contributed by atoms with Gasteiger partial charge in [0.2, 0.25) is 0 Å². The minimum Gasteiger partial charge on any atom is -0.486 e. The van der Waals surface area contributed by atoms with Crippen molar-refractivity contribution in [2.75, 3.05) is 19.8 Å². The zero-order chi connectivity index (χ0) is 15.4. The van der Waals surface area contributed by atoms with Crippen LogP contribution in [-0.2, 0) is 4.79 Å². The molecule has 0 unspecified atom stereocenters. The van der Waals surface area contributed by atoms with Crippen LogP contribution < -0.4 is 14.8 Å². The fraction of sp³-hybridized carbons (Fsp3) is 0.385. The molecule has 0 spiro atoms. The summed E-state index contributed by atoms with van der Waals surface area (Å²) in [5.74, 6) is -1.13. The van der Waals surface area contributed by atoms with Gasteiger partial charge in [-0.2, -0.15) is 0 Å². The molecule has 0 radical (unpaired) electrons. The van der Waals surface area contributed by atoms with Crippen LogP contribution in [0.5, 0.6) is 11.5 Å². The first-order chi connectivity index (χ1) is 10.0. The van der Waals surface area contributed by atoms with E-state index >= 15 is 0 Å². The third kappa shape index (κ3) is 3.56. The molecule has 1 amide bonds. The molecule has 0 aliphatic carbocycles. The first-order valence-electron chi connectivity index (χ1n) is 6.26. The molecule has 0 bridgehead atoms. The molecule has 0 saturated carbocycles. The van der Waals surface area contributed by atoms with E-state index in [4.69, 9.17) is 31.3 Å². The van der Waals surface area contributed by atoms with Gasteiger partial charge in [0.15, 0.2) is 11.5 Å². The Kier molecular flexibility index (Phi) is 4.87. The molecule has 3 N–H and O–H groups in total. The van der Waals surface area contributed by atoms with Gasteiger partial charge < -0.3 is 25.0 Å². The van der Waals surface area contributed by atoms with Crippen molar-refractivity contribution < 1.29 is 29.3 Å². The minimum atomic E-state index is -1.22. The van der Waals surface area contributed by atoms with E-state index in [2.05, 4.69) is 5.32 Å². The highest BCUT2D eigenvalue weighted by Gasteiger charge is 2.23. The average Bonchev–Trinajstić information content (AvgIpc) is 2.46. The molecule has 1 aliphatic heterocycles. The fourth-order valence-electron chi connectivity index (χ4n) is 1.87. The van der Waals surface area contributed by atoms with Crippen LogP contribution in [0.15, 0.2) is 12.1 Å². The molecular formula is C13H14ClNO6. The van der Waals surface area contributed by atoms with Crippen molar-refractivity contribution in [1.29, 1.82) is 0 Å². The number of rotatable bonds is 5. The zero-order valence-electron chi connectivity index (χ0n) is 11.0. The summed E-state index contributed by atoms with van der Waals surface area (Å²) in [5, 5.41) is 20.3. The number of aliphatic hydroxyl groups excluding tert-OH is 1. The second kappa shape index (κ2) is 6.64. The first kappa shape index (κ1) is 15.4. The topological polar surface area (TPSA) is 105 Å². The van der Waals surface area contributed by atoms with Gasteiger partial charge >= 0.3 is 5.97 Å². The molecule has 1 aliphatic rings. The van der Waals surface area contributed by atoms with Crippen molar-refractivity contribution in [1.82, 2.24) is 5.32 Å². The minimum absolute atomic E-state index is 0.0840. The molecule has 1 aromatic carbocycles. The maximum atomic E-state index is 12.1. The number of carbonyl (C=O) groups excluding carboxylic acids is 1. The van der Waals surface area contributed by atoms with Crippen molar-refractivity contribution in [3.8, 4) is 11.5 Å². The molecule has 0 saturated heterocycles. The Balaban J connectivity index is 2.19. The average molecular weight is 316 g/mol. The summed E-state index contributed by atoms with van der Waals surface area (Å²) in [4.78, 5) is 23.0. The predicted molar refractivity (Wildman–Crippen MR) is 73.0 cm³/mol. The van der Waals surface area contributed by atoms with Crippen molar-refractivity contribution in [3.63, 3.8) is 0 Å². The molecule has 1 aromatic rings. The second-order valence-corrected chi connectivity index (χ2v) is 4.77. The number of hydrogen-bond acceptors (Lipinski definition) is 5. The van der Waals surface area contributed by atoms with Crippen LogP contribution in [-0.4, -0.2) is 48.0 Å². The van der Waals surface area contributed by atoms with E-state index in [1.54, 1.807) is 0 Å². The van der Waals surface area contributed by atoms with E-state index in [0.29, 0.717) is 24.7 Å². The third-order valence-electron chi connectivity index (χ3n) is 2.88. The number of aliphatic hydroxyl groups is 1. The Labute approximate surface area is 125 Å². The van der Waals surface area contributed by atoms with E-state index < -0.39 is 17.9 Å². The van der Waals surface area contributed by atoms with E-state index in [-0.39, 0.29) is 23.6 Å². The summed E-state index contributed by atoms with van der Waals surface area (Å²) in [6, 6.07) is 1.64. The number of amides is 1. The smallest absolute Gasteiger partial charge is 0.326 e. The normalized spacial score (nSPS) is 14.4. The van der Waals surface area contributed by atoms with Gasteiger partial charge in [-0.15, -0.1) is 0 Å². The summed E-state index contributed by atoms with van der Waals surface area (Å²) in [6.45, 7) is 0.367. The highest BCUT2D eigenvalue weighted by Crippen LogP contribution is 2.38. The van der Waals surface area contributed by atoms with E-state index in [1.807, 2.05) is 0 Å². The monoisotopic (exact) mass is 315 g/mol. The lowest BCUT2D eigenvalue weighted by Crippen LogP contribution is -2.41. The number of benzene rings is 1. The van der Waals surface area contributed by atoms with Crippen LogP contribution in [0, 0.1) is 0 Å². The van der Waals surface area contributed by atoms with Gasteiger partial charge in [0.1, 0.15) is 19.3 Å². The lowest BCUT2D eigenvalue weighted by atomic mass is 10.1. The highest BCUT2D eigenvalue weighted by molar-refractivity contribution is 6.32. The van der Waals surface area contributed by atoms with Crippen molar-refractivity contribution in [3.05, 3.63) is 22.7 Å². The molecule has 114 valence electrons. The molecule has 0 fully saturated rings. The predicted octanol–water partition coefficient (Wildman–Crippen LogP) is 0.677. The van der Waals surface area contributed by atoms with Gasteiger partial charge in [0, 0.05) is 18.6 Å². The number of carbonyl (C=O) groups is 2. The van der Waals surface area contributed by atoms with Crippen molar-refractivity contribution in [2.24, 2.45) is 0 Å². The van der Waals surface area contributed by atoms with E-state index in [0.717, 1.165) is 0 Å². The van der Waals surface area contributed by atoms with Gasteiger partial charge in [-0.05, 0) is 12.1 Å². The van der Waals surface area contributed by atoms with Crippen molar-refractivity contribution in [2.45, 2.75) is 12.5 Å². The molecule has 2 rings (SSSR count). The largest absolute Gasteiger partial charge is 0.486 e. The van der Waals surface area contributed by atoms with Gasteiger partial charge in [0.05, 0.1) is 5.02 Å². The number of carboxylic acids is 1. The molecule has 21 heavy (non-hydrogen) atoms. The Hall–Kier alpha value is -1.99.